The molecule has 128 valence electrons. The quantitative estimate of drug-likeness (QED) is 0.913. The third kappa shape index (κ3) is 3.62. The molecular weight excluding hydrogens is 313 g/mol. The molecule has 2 amide bonds. The van der Waals surface area contributed by atoms with Crippen molar-refractivity contribution in [2.24, 2.45) is 5.10 Å². The number of nitrogens with zero attached hydrogens (tertiary/aromatic N) is 2. The lowest BCUT2D eigenvalue weighted by atomic mass is 9.98. The largest absolute Gasteiger partial charge is 0.376 e. The Kier molecular flexibility index (Phi) is 4.89. The summed E-state index contributed by atoms with van der Waals surface area (Å²) < 4.78 is 18.9. The second kappa shape index (κ2) is 7.09. The molecule has 0 unspecified atom stereocenters. The summed E-state index contributed by atoms with van der Waals surface area (Å²) >= 11 is 0. The van der Waals surface area contributed by atoms with Crippen LogP contribution in [0.5, 0.6) is 0 Å². The fourth-order valence-corrected chi connectivity index (χ4v) is 2.98. The first-order chi connectivity index (χ1) is 11.5. The Morgan fingerprint density at radius 1 is 1.38 bits per heavy atom. The highest BCUT2D eigenvalue weighted by molar-refractivity contribution is 6.39. The highest BCUT2D eigenvalue weighted by Gasteiger charge is 2.31. The topological polar surface area (TPSA) is 71.0 Å². The lowest BCUT2D eigenvalue weighted by molar-refractivity contribution is -0.130. The van der Waals surface area contributed by atoms with Gasteiger partial charge in [-0.15, -0.1) is 0 Å². The van der Waals surface area contributed by atoms with Gasteiger partial charge in [-0.2, -0.15) is 5.10 Å². The van der Waals surface area contributed by atoms with Crippen molar-refractivity contribution in [3.8, 4) is 0 Å². The lowest BCUT2D eigenvalue weighted by Crippen LogP contribution is -2.42. The number of nitrogens with one attached hydrogen (secondary N) is 1. The Morgan fingerprint density at radius 2 is 2.12 bits per heavy atom. The zero-order valence-corrected chi connectivity index (χ0v) is 13.5. The smallest absolute Gasteiger partial charge is 0.268 e. The molecule has 6 nitrogen and oxygen atoms in total. The summed E-state index contributed by atoms with van der Waals surface area (Å²) in [7, 11) is 1.53. The number of hydrogen-bond donors (Lipinski definition) is 1. The van der Waals surface area contributed by atoms with Gasteiger partial charge in [-0.1, -0.05) is 12.1 Å². The van der Waals surface area contributed by atoms with E-state index < -0.39 is 0 Å². The predicted molar refractivity (Wildman–Crippen MR) is 85.7 cm³/mol. The summed E-state index contributed by atoms with van der Waals surface area (Å²) in [5, 5.41) is 8.17. The number of carbonyl (C=O) groups is 2. The van der Waals surface area contributed by atoms with Crippen LogP contribution in [0.4, 0.5) is 4.39 Å². The van der Waals surface area contributed by atoms with E-state index >= 15 is 0 Å². The van der Waals surface area contributed by atoms with Gasteiger partial charge in [-0.3, -0.25) is 9.59 Å². The van der Waals surface area contributed by atoms with Crippen LogP contribution in [0.2, 0.25) is 0 Å². The molecule has 0 spiro atoms. The van der Waals surface area contributed by atoms with E-state index in [1.165, 1.54) is 24.2 Å². The maximum Gasteiger partial charge on any atom is 0.268 e. The van der Waals surface area contributed by atoms with E-state index in [0.29, 0.717) is 18.7 Å². The van der Waals surface area contributed by atoms with Gasteiger partial charge in [-0.25, -0.2) is 9.40 Å². The monoisotopic (exact) mass is 333 g/mol. The highest BCUT2D eigenvalue weighted by atomic mass is 19.1. The zero-order valence-electron chi connectivity index (χ0n) is 13.5. The molecule has 1 fully saturated rings. The van der Waals surface area contributed by atoms with E-state index in [-0.39, 0.29) is 36.2 Å². The van der Waals surface area contributed by atoms with Crippen LogP contribution in [0.1, 0.15) is 37.3 Å². The first-order valence-corrected chi connectivity index (χ1v) is 8.06. The minimum atomic E-state index is -0.369. The van der Waals surface area contributed by atoms with E-state index in [1.807, 2.05) is 0 Å². The van der Waals surface area contributed by atoms with Crippen LogP contribution < -0.4 is 5.32 Å². The van der Waals surface area contributed by atoms with Crippen LogP contribution in [0.3, 0.4) is 0 Å². The summed E-state index contributed by atoms with van der Waals surface area (Å²) in [6.07, 6.45) is 2.19. The summed E-state index contributed by atoms with van der Waals surface area (Å²) in [6, 6.07) is 5.68. The molecule has 0 aliphatic carbocycles. The zero-order chi connectivity index (χ0) is 17.1. The SMILES string of the molecule is CN1N=C(C(=O)N[C@H](c2ccc(F)cc2)[C@@H]2CCCO2)CCC1=O. The number of ether oxygens (including phenoxy) is 1. The van der Waals surface area contributed by atoms with Crippen molar-refractivity contribution in [3.05, 3.63) is 35.6 Å². The molecule has 7 heteroatoms. The van der Waals surface area contributed by atoms with Gasteiger partial charge in [0.2, 0.25) is 5.91 Å². The average molecular weight is 333 g/mol. The van der Waals surface area contributed by atoms with E-state index in [0.717, 1.165) is 18.4 Å². The standard InChI is InChI=1S/C17H20FN3O3/c1-21-15(22)9-8-13(20-21)17(23)19-16(14-3-2-10-24-14)11-4-6-12(18)7-5-11/h4-7,14,16H,2-3,8-10H2,1H3,(H,19,23)/t14-,16+/m0/s1. The Labute approximate surface area is 139 Å². The van der Waals surface area contributed by atoms with E-state index in [2.05, 4.69) is 10.4 Å². The minimum absolute atomic E-state index is 0.110. The minimum Gasteiger partial charge on any atom is -0.376 e. The van der Waals surface area contributed by atoms with E-state index in [1.54, 1.807) is 12.1 Å². The molecule has 1 aromatic carbocycles. The Balaban J connectivity index is 1.78. The highest BCUT2D eigenvalue weighted by Crippen LogP contribution is 2.27. The molecule has 0 bridgehead atoms. The Morgan fingerprint density at radius 3 is 2.75 bits per heavy atom. The molecule has 1 aromatic rings. The van der Waals surface area contributed by atoms with Gasteiger partial charge in [0.1, 0.15) is 11.5 Å². The average Bonchev–Trinajstić information content (AvgIpc) is 3.10. The maximum atomic E-state index is 13.2. The van der Waals surface area contributed by atoms with Gasteiger partial charge in [0, 0.05) is 26.5 Å². The molecule has 2 aliphatic rings. The van der Waals surface area contributed by atoms with Crippen LogP contribution in [0.15, 0.2) is 29.4 Å². The van der Waals surface area contributed by atoms with Crippen LogP contribution in [0.25, 0.3) is 0 Å². The number of amides is 2. The van der Waals surface area contributed by atoms with Crippen LogP contribution in [-0.2, 0) is 14.3 Å². The molecule has 2 aliphatic heterocycles. The van der Waals surface area contributed by atoms with E-state index in [4.69, 9.17) is 4.74 Å². The third-order valence-electron chi connectivity index (χ3n) is 4.32. The van der Waals surface area contributed by atoms with Gasteiger partial charge in [0.05, 0.1) is 12.1 Å². The fraction of sp³-hybridized carbons (Fsp3) is 0.471. The number of rotatable bonds is 4. The molecule has 1 N–H and O–H groups in total. The molecule has 3 rings (SSSR count). The molecule has 2 atom stereocenters. The van der Waals surface area contributed by atoms with Crippen molar-refractivity contribution in [1.82, 2.24) is 10.3 Å². The van der Waals surface area contributed by atoms with E-state index in [9.17, 15) is 14.0 Å². The second-order valence-electron chi connectivity index (χ2n) is 6.02. The second-order valence-corrected chi connectivity index (χ2v) is 6.02. The van der Waals surface area contributed by atoms with Gasteiger partial charge in [-0.05, 0) is 30.5 Å². The van der Waals surface area contributed by atoms with Gasteiger partial charge in [0.25, 0.3) is 5.91 Å². The Bertz CT molecular complexity index is 654. The maximum absolute atomic E-state index is 13.2. The number of hydrazone groups is 1. The number of halogens is 1. The number of benzene rings is 1. The molecule has 0 aromatic heterocycles. The molecule has 2 heterocycles. The van der Waals surface area contributed by atoms with Crippen molar-refractivity contribution >= 4 is 17.5 Å². The lowest BCUT2D eigenvalue weighted by Gasteiger charge is -2.26. The first kappa shape index (κ1) is 16.6. The molecular formula is C17H20FN3O3. The molecule has 0 radical (unpaired) electrons. The Hall–Kier alpha value is -2.28. The van der Waals surface area contributed by atoms with Gasteiger partial charge >= 0.3 is 0 Å². The van der Waals surface area contributed by atoms with Crippen molar-refractivity contribution < 1.29 is 18.7 Å². The number of hydrogen-bond acceptors (Lipinski definition) is 4. The van der Waals surface area contributed by atoms with Crippen LogP contribution >= 0.6 is 0 Å². The summed E-state index contributed by atoms with van der Waals surface area (Å²) in [4.78, 5) is 24.0. The van der Waals surface area contributed by atoms with Crippen LogP contribution in [-0.4, -0.2) is 42.3 Å². The van der Waals surface area contributed by atoms with Crippen molar-refractivity contribution in [2.75, 3.05) is 13.7 Å². The number of carbonyl (C=O) groups excluding carboxylic acids is 2. The van der Waals surface area contributed by atoms with Gasteiger partial charge < -0.3 is 10.1 Å². The van der Waals surface area contributed by atoms with Gasteiger partial charge in [0.15, 0.2) is 0 Å². The third-order valence-corrected chi connectivity index (χ3v) is 4.32. The molecule has 24 heavy (non-hydrogen) atoms. The summed E-state index contributed by atoms with van der Waals surface area (Å²) in [6.45, 7) is 0.649. The van der Waals surface area contributed by atoms with Crippen molar-refractivity contribution in [2.45, 2.75) is 37.8 Å². The van der Waals surface area contributed by atoms with Crippen LogP contribution in [0, 0.1) is 5.82 Å². The molecule has 1 saturated heterocycles. The summed E-state index contributed by atoms with van der Waals surface area (Å²) in [5.41, 5.74) is 1.11. The normalized spacial score (nSPS) is 22.2. The fourth-order valence-electron chi connectivity index (χ4n) is 2.98. The molecule has 0 saturated carbocycles. The first-order valence-electron chi connectivity index (χ1n) is 8.06. The predicted octanol–water partition coefficient (Wildman–Crippen LogP) is 1.77. The van der Waals surface area contributed by atoms with Crippen molar-refractivity contribution in [1.29, 1.82) is 0 Å². The van der Waals surface area contributed by atoms with Crippen molar-refractivity contribution in [3.63, 3.8) is 0 Å². The summed E-state index contributed by atoms with van der Waals surface area (Å²) in [5.74, 6) is -0.757.